The lowest BCUT2D eigenvalue weighted by atomic mass is 10.1. The maximum absolute atomic E-state index is 5.54. The Morgan fingerprint density at radius 3 is 2.75 bits per heavy atom. The van der Waals surface area contributed by atoms with Crippen molar-refractivity contribution in [2.75, 3.05) is 56.6 Å². The van der Waals surface area contributed by atoms with Gasteiger partial charge in [-0.15, -0.1) is 0 Å². The second-order valence-corrected chi connectivity index (χ2v) is 5.42. The Kier molecular flexibility index (Phi) is 4.03. The topological polar surface area (TPSA) is 53.5 Å². The molecule has 0 aromatic carbocycles. The van der Waals surface area contributed by atoms with E-state index in [1.54, 1.807) is 0 Å². The van der Waals surface area contributed by atoms with Crippen molar-refractivity contribution in [3.8, 4) is 0 Å². The molecule has 3 heterocycles. The molecule has 0 bridgehead atoms. The van der Waals surface area contributed by atoms with Crippen LogP contribution in [0.4, 0.5) is 11.8 Å². The van der Waals surface area contributed by atoms with E-state index in [0.29, 0.717) is 6.61 Å². The molecule has 20 heavy (non-hydrogen) atoms. The minimum absolute atomic E-state index is 0.626. The Morgan fingerprint density at radius 2 is 2.00 bits per heavy atom. The van der Waals surface area contributed by atoms with Gasteiger partial charge in [0.25, 0.3) is 0 Å². The fraction of sp³-hybridized carbons (Fsp3) is 0.714. The van der Waals surface area contributed by atoms with Gasteiger partial charge in [0, 0.05) is 44.7 Å². The summed E-state index contributed by atoms with van der Waals surface area (Å²) in [6, 6.07) is 0. The quantitative estimate of drug-likeness (QED) is 0.879. The highest BCUT2D eigenvalue weighted by Crippen LogP contribution is 2.25. The van der Waals surface area contributed by atoms with Gasteiger partial charge in [0.05, 0.1) is 18.9 Å². The number of piperazine rings is 1. The van der Waals surface area contributed by atoms with Gasteiger partial charge in [-0.2, -0.15) is 4.98 Å². The van der Waals surface area contributed by atoms with Crippen molar-refractivity contribution in [3.63, 3.8) is 0 Å². The number of likely N-dealkylation sites (N-methyl/N-ethyl adjacent to an activating group) is 1. The number of hydrogen-bond donors (Lipinski definition) is 1. The Bertz CT molecular complexity index is 471. The summed E-state index contributed by atoms with van der Waals surface area (Å²) in [7, 11) is 2.16. The van der Waals surface area contributed by atoms with Gasteiger partial charge in [-0.25, -0.2) is 4.98 Å². The van der Waals surface area contributed by atoms with Crippen LogP contribution in [0.3, 0.4) is 0 Å². The van der Waals surface area contributed by atoms with Crippen molar-refractivity contribution in [2.24, 2.45) is 0 Å². The molecule has 0 aliphatic carbocycles. The average Bonchev–Trinajstić information content (AvgIpc) is 2.48. The molecule has 0 saturated carbocycles. The maximum Gasteiger partial charge on any atom is 0.227 e. The molecule has 0 amide bonds. The Balaban J connectivity index is 1.89. The summed E-state index contributed by atoms with van der Waals surface area (Å²) in [6.07, 6.45) is 0.886. The molecular formula is C14H23N5O. The molecular weight excluding hydrogens is 254 g/mol. The average molecular weight is 277 g/mol. The van der Waals surface area contributed by atoms with E-state index in [9.17, 15) is 0 Å². The van der Waals surface area contributed by atoms with Gasteiger partial charge in [0.15, 0.2) is 0 Å². The standard InChI is InChI=1S/C14H23N5O/c1-3-15-13-11-10-20-9-4-12(11)16-14(17-13)19-7-5-18(2)6-8-19/h3-10H2,1-2H3,(H,15,16,17). The highest BCUT2D eigenvalue weighted by molar-refractivity contribution is 5.52. The first-order chi connectivity index (χ1) is 9.78. The predicted molar refractivity (Wildman–Crippen MR) is 79.3 cm³/mol. The third kappa shape index (κ3) is 2.71. The van der Waals surface area contributed by atoms with Crippen LogP contribution in [-0.4, -0.2) is 61.2 Å². The summed E-state index contributed by atoms with van der Waals surface area (Å²) in [5, 5.41) is 3.36. The molecule has 2 aliphatic rings. The van der Waals surface area contributed by atoms with Gasteiger partial charge in [0.2, 0.25) is 5.95 Å². The van der Waals surface area contributed by atoms with E-state index in [-0.39, 0.29) is 0 Å². The fourth-order valence-electron chi connectivity index (χ4n) is 2.68. The van der Waals surface area contributed by atoms with Gasteiger partial charge in [-0.3, -0.25) is 0 Å². The summed E-state index contributed by atoms with van der Waals surface area (Å²) in [5.74, 6) is 1.82. The van der Waals surface area contributed by atoms with Crippen molar-refractivity contribution in [3.05, 3.63) is 11.3 Å². The number of anilines is 2. The van der Waals surface area contributed by atoms with E-state index >= 15 is 0 Å². The largest absolute Gasteiger partial charge is 0.376 e. The van der Waals surface area contributed by atoms with Crippen LogP contribution >= 0.6 is 0 Å². The molecule has 110 valence electrons. The summed E-state index contributed by atoms with van der Waals surface area (Å²) in [4.78, 5) is 14.1. The van der Waals surface area contributed by atoms with Gasteiger partial charge in [0.1, 0.15) is 5.82 Å². The lowest BCUT2D eigenvalue weighted by Gasteiger charge is -2.33. The molecule has 0 spiro atoms. The molecule has 0 unspecified atom stereocenters. The first kappa shape index (κ1) is 13.6. The Morgan fingerprint density at radius 1 is 1.20 bits per heavy atom. The lowest BCUT2D eigenvalue weighted by molar-refractivity contribution is 0.109. The zero-order valence-electron chi connectivity index (χ0n) is 12.4. The second-order valence-electron chi connectivity index (χ2n) is 5.42. The van der Waals surface area contributed by atoms with Crippen molar-refractivity contribution in [1.29, 1.82) is 0 Å². The number of ether oxygens (including phenoxy) is 1. The molecule has 1 fully saturated rings. The molecule has 1 aromatic heterocycles. The van der Waals surface area contributed by atoms with E-state index in [1.807, 2.05) is 0 Å². The van der Waals surface area contributed by atoms with E-state index in [2.05, 4.69) is 29.1 Å². The highest BCUT2D eigenvalue weighted by atomic mass is 16.5. The SMILES string of the molecule is CCNc1nc(N2CCN(C)CC2)nc2c1COCC2. The minimum atomic E-state index is 0.626. The van der Waals surface area contributed by atoms with E-state index < -0.39 is 0 Å². The number of rotatable bonds is 3. The van der Waals surface area contributed by atoms with Crippen LogP contribution in [0.15, 0.2) is 0 Å². The number of hydrogen-bond acceptors (Lipinski definition) is 6. The van der Waals surface area contributed by atoms with Crippen molar-refractivity contribution >= 4 is 11.8 Å². The monoisotopic (exact) mass is 277 g/mol. The van der Waals surface area contributed by atoms with Crippen LogP contribution in [0.25, 0.3) is 0 Å². The third-order valence-corrected chi connectivity index (χ3v) is 3.94. The fourth-order valence-corrected chi connectivity index (χ4v) is 2.68. The Labute approximate surface area is 120 Å². The van der Waals surface area contributed by atoms with Crippen LogP contribution in [0.5, 0.6) is 0 Å². The predicted octanol–water partition coefficient (Wildman–Crippen LogP) is 0.733. The molecule has 6 heteroatoms. The normalized spacial score (nSPS) is 19.8. The van der Waals surface area contributed by atoms with Crippen LogP contribution in [0.1, 0.15) is 18.2 Å². The molecule has 1 N–H and O–H groups in total. The second kappa shape index (κ2) is 5.93. The summed E-state index contributed by atoms with van der Waals surface area (Å²) < 4.78 is 5.54. The first-order valence-corrected chi connectivity index (χ1v) is 7.43. The molecule has 0 atom stereocenters. The summed E-state index contributed by atoms with van der Waals surface area (Å²) in [5.41, 5.74) is 2.28. The molecule has 1 aromatic rings. The molecule has 2 aliphatic heterocycles. The molecule has 6 nitrogen and oxygen atoms in total. The van der Waals surface area contributed by atoms with Gasteiger partial charge >= 0.3 is 0 Å². The van der Waals surface area contributed by atoms with Gasteiger partial charge < -0.3 is 19.9 Å². The van der Waals surface area contributed by atoms with E-state index in [0.717, 1.165) is 68.8 Å². The zero-order chi connectivity index (χ0) is 13.9. The Hall–Kier alpha value is -1.40. The lowest BCUT2D eigenvalue weighted by Crippen LogP contribution is -2.45. The zero-order valence-corrected chi connectivity index (χ0v) is 12.4. The summed E-state index contributed by atoms with van der Waals surface area (Å²) in [6.45, 7) is 8.48. The van der Waals surface area contributed by atoms with Gasteiger partial charge in [-0.05, 0) is 14.0 Å². The highest BCUT2D eigenvalue weighted by Gasteiger charge is 2.22. The van der Waals surface area contributed by atoms with Crippen molar-refractivity contribution in [2.45, 2.75) is 20.0 Å². The van der Waals surface area contributed by atoms with E-state index in [1.165, 1.54) is 0 Å². The summed E-state index contributed by atoms with van der Waals surface area (Å²) >= 11 is 0. The van der Waals surface area contributed by atoms with Crippen molar-refractivity contribution < 1.29 is 4.74 Å². The number of nitrogens with zero attached hydrogens (tertiary/aromatic N) is 4. The maximum atomic E-state index is 5.54. The number of nitrogens with one attached hydrogen (secondary N) is 1. The van der Waals surface area contributed by atoms with Gasteiger partial charge in [-0.1, -0.05) is 0 Å². The molecule has 3 rings (SSSR count). The first-order valence-electron chi connectivity index (χ1n) is 7.43. The van der Waals surface area contributed by atoms with Crippen LogP contribution in [-0.2, 0) is 17.8 Å². The van der Waals surface area contributed by atoms with Crippen LogP contribution < -0.4 is 10.2 Å². The smallest absolute Gasteiger partial charge is 0.227 e. The minimum Gasteiger partial charge on any atom is -0.376 e. The third-order valence-electron chi connectivity index (χ3n) is 3.94. The number of fused-ring (bicyclic) bond motifs is 1. The molecule has 1 saturated heterocycles. The van der Waals surface area contributed by atoms with Crippen molar-refractivity contribution in [1.82, 2.24) is 14.9 Å². The number of aromatic nitrogens is 2. The van der Waals surface area contributed by atoms with Crippen LogP contribution in [0.2, 0.25) is 0 Å². The van der Waals surface area contributed by atoms with Crippen LogP contribution in [0, 0.1) is 0 Å². The molecule has 0 radical (unpaired) electrons. The van der Waals surface area contributed by atoms with E-state index in [4.69, 9.17) is 14.7 Å².